The highest BCUT2D eigenvalue weighted by Crippen LogP contribution is 2.35. The second-order valence-corrected chi connectivity index (χ2v) is 5.63. The number of hydrogen-bond acceptors (Lipinski definition) is 1. The molecule has 2 aromatic carbocycles. The van der Waals surface area contributed by atoms with E-state index < -0.39 is 0 Å². The number of rotatable bonds is 2. The van der Waals surface area contributed by atoms with E-state index in [1.165, 1.54) is 23.3 Å². The second-order valence-electron chi connectivity index (χ2n) is 5.63. The van der Waals surface area contributed by atoms with Crippen molar-refractivity contribution in [3.8, 4) is 0 Å². The number of carbonyl (C=O) groups excluding carboxylic acids is 1. The summed E-state index contributed by atoms with van der Waals surface area (Å²) in [5.74, 6) is -0.355. The minimum absolute atomic E-state index is 0.0470. The van der Waals surface area contributed by atoms with Crippen LogP contribution in [0.1, 0.15) is 39.5 Å². The lowest BCUT2D eigenvalue weighted by atomic mass is 10.0. The molecule has 0 saturated heterocycles. The average Bonchev–Trinajstić information content (AvgIpc) is 2.90. The van der Waals surface area contributed by atoms with Crippen LogP contribution >= 0.6 is 0 Å². The molecule has 3 heteroatoms. The molecule has 0 aromatic heterocycles. The van der Waals surface area contributed by atoms with Gasteiger partial charge < -0.3 is 4.90 Å². The van der Waals surface area contributed by atoms with Crippen LogP contribution in [-0.2, 0) is 6.42 Å². The van der Waals surface area contributed by atoms with Gasteiger partial charge in [0, 0.05) is 12.6 Å². The SMILES string of the molecule is Cc1cc(F)ccc1C(=O)N(C)C1CCc2ccccc21. The van der Waals surface area contributed by atoms with Crippen LogP contribution in [0.2, 0.25) is 0 Å². The largest absolute Gasteiger partial charge is 0.335 e. The maximum atomic E-state index is 13.2. The number of carbonyl (C=O) groups is 1. The molecule has 21 heavy (non-hydrogen) atoms. The lowest BCUT2D eigenvalue weighted by Crippen LogP contribution is -2.30. The summed E-state index contributed by atoms with van der Waals surface area (Å²) in [4.78, 5) is 14.5. The van der Waals surface area contributed by atoms with Crippen LogP contribution in [-0.4, -0.2) is 17.9 Å². The van der Waals surface area contributed by atoms with Crippen LogP contribution in [0.3, 0.4) is 0 Å². The monoisotopic (exact) mass is 283 g/mol. The Kier molecular flexibility index (Phi) is 3.50. The lowest BCUT2D eigenvalue weighted by Gasteiger charge is -2.26. The van der Waals surface area contributed by atoms with Crippen LogP contribution < -0.4 is 0 Å². The second kappa shape index (κ2) is 5.32. The number of nitrogens with zero attached hydrogens (tertiary/aromatic N) is 1. The summed E-state index contributed by atoms with van der Waals surface area (Å²) in [5.41, 5.74) is 3.80. The molecule has 0 radical (unpaired) electrons. The smallest absolute Gasteiger partial charge is 0.254 e. The van der Waals surface area contributed by atoms with Gasteiger partial charge in [-0.3, -0.25) is 4.79 Å². The molecule has 1 atom stereocenters. The van der Waals surface area contributed by atoms with E-state index in [2.05, 4.69) is 12.1 Å². The minimum atomic E-state index is -0.307. The molecule has 0 bridgehead atoms. The number of hydrogen-bond donors (Lipinski definition) is 0. The van der Waals surface area contributed by atoms with Gasteiger partial charge in [0.25, 0.3) is 5.91 Å². The van der Waals surface area contributed by atoms with Crippen molar-refractivity contribution in [3.63, 3.8) is 0 Å². The Hall–Kier alpha value is -2.16. The van der Waals surface area contributed by atoms with Gasteiger partial charge in [0.05, 0.1) is 6.04 Å². The molecule has 2 nitrogen and oxygen atoms in total. The predicted molar refractivity (Wildman–Crippen MR) is 80.7 cm³/mol. The minimum Gasteiger partial charge on any atom is -0.335 e. The molecule has 108 valence electrons. The van der Waals surface area contributed by atoms with Gasteiger partial charge >= 0.3 is 0 Å². The maximum Gasteiger partial charge on any atom is 0.254 e. The van der Waals surface area contributed by atoms with Crippen LogP contribution in [0.5, 0.6) is 0 Å². The molecular weight excluding hydrogens is 265 g/mol. The first kappa shape index (κ1) is 13.8. The molecule has 0 heterocycles. The van der Waals surface area contributed by atoms with Gasteiger partial charge in [-0.15, -0.1) is 0 Å². The third-order valence-corrected chi connectivity index (χ3v) is 4.31. The van der Waals surface area contributed by atoms with Crippen molar-refractivity contribution in [2.24, 2.45) is 0 Å². The van der Waals surface area contributed by atoms with E-state index >= 15 is 0 Å². The Labute approximate surface area is 124 Å². The van der Waals surface area contributed by atoms with Crippen molar-refractivity contribution in [2.45, 2.75) is 25.8 Å². The molecule has 0 spiro atoms. The number of halogens is 1. The molecule has 1 aliphatic rings. The highest BCUT2D eigenvalue weighted by molar-refractivity contribution is 5.95. The first-order valence-corrected chi connectivity index (χ1v) is 7.19. The molecular formula is C18H18FNO. The van der Waals surface area contributed by atoms with Gasteiger partial charge in [-0.1, -0.05) is 24.3 Å². The average molecular weight is 283 g/mol. The molecule has 0 aliphatic heterocycles. The highest BCUT2D eigenvalue weighted by Gasteiger charge is 2.29. The Bertz CT molecular complexity index is 695. The summed E-state index contributed by atoms with van der Waals surface area (Å²) in [5, 5.41) is 0. The van der Waals surface area contributed by atoms with Crippen LogP contribution in [0.15, 0.2) is 42.5 Å². The van der Waals surface area contributed by atoms with E-state index in [0.717, 1.165) is 12.8 Å². The summed E-state index contributed by atoms with van der Waals surface area (Å²) >= 11 is 0. The molecule has 1 amide bonds. The van der Waals surface area contributed by atoms with E-state index in [9.17, 15) is 9.18 Å². The van der Waals surface area contributed by atoms with E-state index in [1.54, 1.807) is 17.9 Å². The molecule has 0 fully saturated rings. The van der Waals surface area contributed by atoms with Gasteiger partial charge in [-0.25, -0.2) is 4.39 Å². The van der Waals surface area contributed by atoms with Crippen LogP contribution in [0, 0.1) is 12.7 Å². The molecule has 1 unspecified atom stereocenters. The normalized spacial score (nSPS) is 16.6. The number of amides is 1. The molecule has 2 aromatic rings. The Morgan fingerprint density at radius 1 is 1.24 bits per heavy atom. The molecule has 0 N–H and O–H groups in total. The van der Waals surface area contributed by atoms with Crippen molar-refractivity contribution in [2.75, 3.05) is 7.05 Å². The topological polar surface area (TPSA) is 20.3 Å². The summed E-state index contributed by atoms with van der Waals surface area (Å²) in [6.45, 7) is 1.77. The zero-order chi connectivity index (χ0) is 15.0. The third kappa shape index (κ3) is 2.44. The summed E-state index contributed by atoms with van der Waals surface area (Å²) in [6, 6.07) is 12.7. The van der Waals surface area contributed by atoms with Crippen molar-refractivity contribution >= 4 is 5.91 Å². The van der Waals surface area contributed by atoms with Gasteiger partial charge in [-0.2, -0.15) is 0 Å². The third-order valence-electron chi connectivity index (χ3n) is 4.31. The molecule has 3 rings (SSSR count). The quantitative estimate of drug-likeness (QED) is 0.818. The van der Waals surface area contributed by atoms with Crippen molar-refractivity contribution in [1.82, 2.24) is 4.90 Å². The zero-order valence-electron chi connectivity index (χ0n) is 12.3. The number of fused-ring (bicyclic) bond motifs is 1. The summed E-state index contributed by atoms with van der Waals surface area (Å²) < 4.78 is 13.2. The van der Waals surface area contributed by atoms with Gasteiger partial charge in [0.1, 0.15) is 5.82 Å². The fourth-order valence-electron chi connectivity index (χ4n) is 3.14. The maximum absolute atomic E-state index is 13.2. The summed E-state index contributed by atoms with van der Waals surface area (Å²) in [7, 11) is 1.83. The van der Waals surface area contributed by atoms with E-state index in [0.29, 0.717) is 11.1 Å². The lowest BCUT2D eigenvalue weighted by molar-refractivity contribution is 0.0730. The fraction of sp³-hybridized carbons (Fsp3) is 0.278. The van der Waals surface area contributed by atoms with Crippen LogP contribution in [0.4, 0.5) is 4.39 Å². The van der Waals surface area contributed by atoms with Crippen molar-refractivity contribution in [1.29, 1.82) is 0 Å². The Morgan fingerprint density at radius 2 is 2.00 bits per heavy atom. The first-order valence-electron chi connectivity index (χ1n) is 7.19. The van der Waals surface area contributed by atoms with Crippen molar-refractivity contribution in [3.05, 3.63) is 70.5 Å². The van der Waals surface area contributed by atoms with Gasteiger partial charge in [0.15, 0.2) is 0 Å². The molecule has 0 saturated carbocycles. The summed E-state index contributed by atoms with van der Waals surface area (Å²) in [6.07, 6.45) is 1.95. The number of aryl methyl sites for hydroxylation is 2. The highest BCUT2D eigenvalue weighted by atomic mass is 19.1. The number of benzene rings is 2. The van der Waals surface area contributed by atoms with Gasteiger partial charge in [0.2, 0.25) is 0 Å². The standard InChI is InChI=1S/C18H18FNO/c1-12-11-14(19)8-9-15(12)18(21)20(2)17-10-7-13-5-3-4-6-16(13)17/h3-6,8-9,11,17H,7,10H2,1-2H3. The van der Waals surface area contributed by atoms with Gasteiger partial charge in [-0.05, 0) is 54.7 Å². The zero-order valence-corrected chi connectivity index (χ0v) is 12.3. The predicted octanol–water partition coefficient (Wildman–Crippen LogP) is 3.89. The molecule has 1 aliphatic carbocycles. The van der Waals surface area contributed by atoms with Crippen molar-refractivity contribution < 1.29 is 9.18 Å². The van der Waals surface area contributed by atoms with E-state index in [-0.39, 0.29) is 17.8 Å². The first-order chi connectivity index (χ1) is 10.1. The van der Waals surface area contributed by atoms with Crippen LogP contribution in [0.25, 0.3) is 0 Å². The van der Waals surface area contributed by atoms with E-state index in [4.69, 9.17) is 0 Å². The Balaban J connectivity index is 1.89. The van der Waals surface area contributed by atoms with E-state index in [1.807, 2.05) is 19.2 Å². The Morgan fingerprint density at radius 3 is 2.76 bits per heavy atom. The fourth-order valence-corrected chi connectivity index (χ4v) is 3.14.